The Bertz CT molecular complexity index is 756. The van der Waals surface area contributed by atoms with Gasteiger partial charge in [0.1, 0.15) is 18.3 Å². The molecule has 1 fully saturated rings. The minimum atomic E-state index is -1.64. The van der Waals surface area contributed by atoms with Gasteiger partial charge in [0.2, 0.25) is 0 Å². The van der Waals surface area contributed by atoms with E-state index in [1.54, 1.807) is 13.0 Å². The van der Waals surface area contributed by atoms with Crippen LogP contribution in [0.25, 0.3) is 0 Å². The second-order valence-corrected chi connectivity index (χ2v) is 6.72. The number of allylic oxidation sites excluding steroid dienone is 3. The summed E-state index contributed by atoms with van der Waals surface area (Å²) in [6.07, 6.45) is 1.83. The smallest absolute Gasteiger partial charge is 0.334 e. The Morgan fingerprint density at radius 2 is 2.07 bits per heavy atom. The lowest BCUT2D eigenvalue weighted by molar-refractivity contribution is -0.155. The largest absolute Gasteiger partial charge is 0.478 e. The van der Waals surface area contributed by atoms with Gasteiger partial charge in [-0.05, 0) is 39.7 Å². The molecule has 0 saturated carbocycles. The van der Waals surface area contributed by atoms with Gasteiger partial charge in [0.05, 0.1) is 11.5 Å². The van der Waals surface area contributed by atoms with Gasteiger partial charge < -0.3 is 19.7 Å². The molecule has 0 radical (unpaired) electrons. The van der Waals surface area contributed by atoms with Crippen molar-refractivity contribution in [1.82, 2.24) is 0 Å². The summed E-state index contributed by atoms with van der Waals surface area (Å²) in [5, 5.41) is 20.3. The molecule has 2 rings (SSSR count). The van der Waals surface area contributed by atoms with Crippen LogP contribution >= 0.6 is 0 Å². The van der Waals surface area contributed by atoms with Gasteiger partial charge in [0.25, 0.3) is 0 Å². The molecule has 7 nitrogen and oxygen atoms in total. The fourth-order valence-electron chi connectivity index (χ4n) is 3.13. The van der Waals surface area contributed by atoms with Gasteiger partial charge >= 0.3 is 17.9 Å². The first-order valence-electron chi connectivity index (χ1n) is 8.69. The van der Waals surface area contributed by atoms with E-state index in [4.69, 9.17) is 9.47 Å². The number of aliphatic hydroxyl groups is 1. The lowest BCUT2D eigenvalue weighted by Gasteiger charge is -2.31. The molecular weight excluding hydrogens is 352 g/mol. The van der Waals surface area contributed by atoms with Crippen molar-refractivity contribution in [2.24, 2.45) is 5.92 Å². The molecule has 27 heavy (non-hydrogen) atoms. The molecule has 0 amide bonds. The van der Waals surface area contributed by atoms with Crippen LogP contribution in [0.3, 0.4) is 0 Å². The summed E-state index contributed by atoms with van der Waals surface area (Å²) in [7, 11) is 0. The van der Waals surface area contributed by atoms with Crippen LogP contribution < -0.4 is 0 Å². The maximum atomic E-state index is 12.3. The average Bonchev–Trinajstić information content (AvgIpc) is 2.88. The van der Waals surface area contributed by atoms with E-state index in [0.717, 1.165) is 5.57 Å². The molecule has 0 aromatic carbocycles. The minimum Gasteiger partial charge on any atom is -0.478 e. The van der Waals surface area contributed by atoms with Crippen LogP contribution in [0.15, 0.2) is 47.1 Å². The molecule has 0 bridgehead atoms. The Morgan fingerprint density at radius 1 is 1.41 bits per heavy atom. The molecule has 2 N–H and O–H groups in total. The lowest BCUT2D eigenvalue weighted by atomic mass is 9.83. The van der Waals surface area contributed by atoms with Crippen LogP contribution in [0, 0.1) is 5.92 Å². The number of esters is 2. The summed E-state index contributed by atoms with van der Waals surface area (Å²) in [6.45, 7) is 8.74. The molecule has 4 atom stereocenters. The van der Waals surface area contributed by atoms with Crippen LogP contribution in [0.2, 0.25) is 0 Å². The Kier molecular flexibility index (Phi) is 6.38. The number of carboxylic acid groups (broad SMARTS) is 1. The van der Waals surface area contributed by atoms with Crippen molar-refractivity contribution in [2.75, 3.05) is 0 Å². The number of carbonyl (C=O) groups excluding carboxylic acids is 2. The second kappa shape index (κ2) is 8.35. The number of fused-ring (bicyclic) bond motifs is 1. The summed E-state index contributed by atoms with van der Waals surface area (Å²) in [6, 6.07) is 0. The van der Waals surface area contributed by atoms with E-state index in [2.05, 4.69) is 6.58 Å². The van der Waals surface area contributed by atoms with E-state index in [-0.39, 0.29) is 11.1 Å². The van der Waals surface area contributed by atoms with Crippen molar-refractivity contribution in [3.63, 3.8) is 0 Å². The zero-order chi connectivity index (χ0) is 20.3. The molecule has 0 unspecified atom stereocenters. The van der Waals surface area contributed by atoms with E-state index >= 15 is 0 Å². The second-order valence-electron chi connectivity index (χ2n) is 6.72. The number of carbonyl (C=O) groups is 3. The maximum absolute atomic E-state index is 12.3. The van der Waals surface area contributed by atoms with E-state index in [1.807, 2.05) is 6.92 Å². The summed E-state index contributed by atoms with van der Waals surface area (Å²) < 4.78 is 10.8. The fourth-order valence-corrected chi connectivity index (χ4v) is 3.13. The third-order valence-electron chi connectivity index (χ3n) is 4.84. The number of aliphatic carboxylic acids is 1. The van der Waals surface area contributed by atoms with Crippen molar-refractivity contribution < 1.29 is 34.1 Å². The third-order valence-corrected chi connectivity index (χ3v) is 4.84. The summed E-state index contributed by atoms with van der Waals surface area (Å²) in [5.41, 5.74) is 0.926. The number of hydrogen-bond acceptors (Lipinski definition) is 6. The molecule has 1 saturated heterocycles. The van der Waals surface area contributed by atoms with Gasteiger partial charge in [-0.1, -0.05) is 24.3 Å². The quantitative estimate of drug-likeness (QED) is 0.441. The van der Waals surface area contributed by atoms with Crippen LogP contribution in [0.5, 0.6) is 0 Å². The number of rotatable bonds is 3. The average molecular weight is 376 g/mol. The van der Waals surface area contributed by atoms with E-state index in [9.17, 15) is 24.6 Å². The summed E-state index contributed by atoms with van der Waals surface area (Å²) in [5.74, 6) is -3.59. The Balaban J connectivity index is 2.56. The van der Waals surface area contributed by atoms with Crippen molar-refractivity contribution >= 4 is 17.9 Å². The molecule has 2 aliphatic rings. The number of ether oxygens (including phenoxy) is 2. The SMILES string of the molecule is C=C1C(=O)O[C@@H]2/C=C(/C)CC/C=C(\C(=O)O)[C@H](O)[C@@H](OC(=O)/C(C)=C\C)[C@@H]12. The molecule has 146 valence electrons. The van der Waals surface area contributed by atoms with Gasteiger partial charge in [0, 0.05) is 11.1 Å². The first-order valence-corrected chi connectivity index (χ1v) is 8.69. The zero-order valence-electron chi connectivity index (χ0n) is 15.6. The fraction of sp³-hybridized carbons (Fsp3) is 0.450. The number of aliphatic hydroxyl groups excluding tert-OH is 1. The van der Waals surface area contributed by atoms with Crippen LogP contribution in [0.4, 0.5) is 0 Å². The molecular formula is C20H24O7. The van der Waals surface area contributed by atoms with Crippen LogP contribution in [0.1, 0.15) is 33.6 Å². The third kappa shape index (κ3) is 4.36. The molecule has 0 aromatic heterocycles. The normalized spacial score (nSPS) is 33.1. The maximum Gasteiger partial charge on any atom is 0.334 e. The number of hydrogen-bond donors (Lipinski definition) is 2. The molecule has 1 heterocycles. The molecule has 0 aromatic rings. The van der Waals surface area contributed by atoms with E-state index < -0.39 is 42.1 Å². The Hall–Kier alpha value is -2.67. The number of carboxylic acids is 1. The highest BCUT2D eigenvalue weighted by atomic mass is 16.6. The van der Waals surface area contributed by atoms with Crippen LogP contribution in [-0.4, -0.2) is 46.4 Å². The first-order chi connectivity index (χ1) is 12.7. The zero-order valence-corrected chi connectivity index (χ0v) is 15.6. The van der Waals surface area contributed by atoms with Crippen molar-refractivity contribution in [3.8, 4) is 0 Å². The predicted octanol–water partition coefficient (Wildman–Crippen LogP) is 2.07. The monoisotopic (exact) mass is 376 g/mol. The van der Waals surface area contributed by atoms with Gasteiger partial charge in [-0.2, -0.15) is 0 Å². The molecule has 7 heteroatoms. The molecule has 1 aliphatic heterocycles. The van der Waals surface area contributed by atoms with Gasteiger partial charge in [0.15, 0.2) is 0 Å². The lowest BCUT2D eigenvalue weighted by Crippen LogP contribution is -2.44. The van der Waals surface area contributed by atoms with Gasteiger partial charge in [-0.15, -0.1) is 0 Å². The van der Waals surface area contributed by atoms with Gasteiger partial charge in [-0.25, -0.2) is 14.4 Å². The first kappa shape index (κ1) is 20.6. The Labute approximate surface area is 157 Å². The Morgan fingerprint density at radius 3 is 2.67 bits per heavy atom. The van der Waals surface area contributed by atoms with Crippen molar-refractivity contribution in [3.05, 3.63) is 47.1 Å². The minimum absolute atomic E-state index is 0.0318. The van der Waals surface area contributed by atoms with Gasteiger partial charge in [-0.3, -0.25) is 0 Å². The highest BCUT2D eigenvalue weighted by Crippen LogP contribution is 2.36. The highest BCUT2D eigenvalue weighted by molar-refractivity contribution is 5.92. The van der Waals surface area contributed by atoms with Crippen molar-refractivity contribution in [1.29, 1.82) is 0 Å². The topological polar surface area (TPSA) is 110 Å². The summed E-state index contributed by atoms with van der Waals surface area (Å²) >= 11 is 0. The van der Waals surface area contributed by atoms with E-state index in [0.29, 0.717) is 18.4 Å². The molecule has 1 aliphatic carbocycles. The van der Waals surface area contributed by atoms with E-state index in [1.165, 1.54) is 19.1 Å². The standard InChI is InChI=1S/C20H24O7/c1-5-11(3)19(24)27-17-15-12(4)20(25)26-14(15)9-10(2)7-6-8-13(16(17)21)18(22)23/h5,8-9,14-17,21H,4,6-7H2,1-3H3,(H,22,23)/b10-9-,11-5-,13-8-/t14-,15+,16+,17+/m1/s1. The summed E-state index contributed by atoms with van der Waals surface area (Å²) in [4.78, 5) is 36.0. The van der Waals surface area contributed by atoms with Crippen molar-refractivity contribution in [2.45, 2.75) is 51.9 Å². The van der Waals surface area contributed by atoms with Crippen LogP contribution in [-0.2, 0) is 23.9 Å². The molecule has 0 spiro atoms. The predicted molar refractivity (Wildman–Crippen MR) is 96.5 cm³/mol. The highest BCUT2D eigenvalue weighted by Gasteiger charge is 2.48.